The van der Waals surface area contributed by atoms with E-state index in [9.17, 15) is 0 Å². The number of rotatable bonds is 3. The van der Waals surface area contributed by atoms with Gasteiger partial charge >= 0.3 is 115 Å². The van der Waals surface area contributed by atoms with E-state index in [1.54, 1.807) is 5.57 Å². The molecule has 0 saturated heterocycles. The summed E-state index contributed by atoms with van der Waals surface area (Å²) in [6.07, 6.45) is 16.1. The largest absolute Gasteiger partial charge is 1.00 e. The summed E-state index contributed by atoms with van der Waals surface area (Å²) in [5.74, 6) is 0.573. The summed E-state index contributed by atoms with van der Waals surface area (Å²) < 4.78 is 0.439. The van der Waals surface area contributed by atoms with Crippen LogP contribution < -0.4 is 24.8 Å². The summed E-state index contributed by atoms with van der Waals surface area (Å²) in [7, 11) is -0.993. The Morgan fingerprint density at radius 1 is 1.11 bits per heavy atom. The van der Waals surface area contributed by atoms with Crippen molar-refractivity contribution in [3.05, 3.63) is 48.1 Å². The first kappa shape index (κ1) is 18.6. The van der Waals surface area contributed by atoms with Gasteiger partial charge in [0.1, 0.15) is 0 Å². The Bertz CT molecular complexity index is 393. The molecule has 0 N–H and O–H groups in total. The van der Waals surface area contributed by atoms with Crippen LogP contribution in [-0.4, -0.2) is 8.07 Å². The zero-order valence-corrected chi connectivity index (χ0v) is 17.2. The van der Waals surface area contributed by atoms with Gasteiger partial charge in [-0.1, -0.05) is 0 Å². The molecule has 18 heavy (non-hydrogen) atoms. The van der Waals surface area contributed by atoms with Gasteiger partial charge in [-0.25, -0.2) is 0 Å². The molecule has 1 unspecified atom stereocenters. The molecule has 2 rings (SSSR count). The zero-order valence-electron chi connectivity index (χ0n) is 11.1. The first-order valence-corrected chi connectivity index (χ1v) is 11.4. The van der Waals surface area contributed by atoms with Crippen molar-refractivity contribution in [2.24, 2.45) is 5.92 Å². The summed E-state index contributed by atoms with van der Waals surface area (Å²) in [6.45, 7) is 7.45. The SMILES string of the molecule is C[Si](C)(C)C[C]1([Hf+2])C=CC=C1C1C=CC=C1.[Cl-].[Cl-]. The van der Waals surface area contributed by atoms with Gasteiger partial charge in [0.2, 0.25) is 0 Å². The maximum Gasteiger partial charge on any atom is -1.00 e. The van der Waals surface area contributed by atoms with Crippen molar-refractivity contribution in [2.75, 3.05) is 0 Å². The maximum atomic E-state index is 2.48. The van der Waals surface area contributed by atoms with E-state index in [1.807, 2.05) is 0 Å². The van der Waals surface area contributed by atoms with Crippen LogP contribution >= 0.6 is 0 Å². The van der Waals surface area contributed by atoms with Crippen molar-refractivity contribution in [1.82, 2.24) is 0 Å². The van der Waals surface area contributed by atoms with E-state index in [0.717, 1.165) is 0 Å². The summed E-state index contributed by atoms with van der Waals surface area (Å²) in [5.41, 5.74) is 1.64. The van der Waals surface area contributed by atoms with Gasteiger partial charge in [0, 0.05) is 0 Å². The third-order valence-corrected chi connectivity index (χ3v) is 8.25. The standard InChI is InChI=1S/C14H19Si.2ClH.Hf/c1-15(2,3)11-13-9-6-10-14(13)12-7-4-5-8-12;;;/h4-10,12H,11H2,1-3H3;2*1H;/q;;;+2/p-2. The number of allylic oxidation sites excluding steroid dienone is 8. The fourth-order valence-electron chi connectivity index (χ4n) is 2.61. The van der Waals surface area contributed by atoms with Crippen LogP contribution in [0.5, 0.6) is 0 Å². The zero-order chi connectivity index (χ0) is 11.8. The molecule has 0 aliphatic heterocycles. The minimum atomic E-state index is -0.993. The summed E-state index contributed by atoms with van der Waals surface area (Å²) in [4.78, 5) is 0. The molecular formula is C14H19Cl2HfSi. The average molecular weight is 465 g/mol. The minimum Gasteiger partial charge on any atom is -1.00 e. The normalized spacial score (nSPS) is 25.9. The molecule has 0 aromatic heterocycles. The number of hydrogen-bond donors (Lipinski definition) is 0. The molecule has 2 aliphatic carbocycles. The van der Waals surface area contributed by atoms with Crippen LogP contribution in [0.15, 0.2) is 48.1 Å². The number of hydrogen-bond acceptors (Lipinski definition) is 0. The van der Waals surface area contributed by atoms with Crippen molar-refractivity contribution < 1.29 is 49.2 Å². The smallest absolute Gasteiger partial charge is 1.00 e. The van der Waals surface area contributed by atoms with E-state index in [-0.39, 0.29) is 24.8 Å². The third kappa shape index (κ3) is 4.33. The maximum absolute atomic E-state index is 2.48. The first-order chi connectivity index (χ1) is 7.41. The van der Waals surface area contributed by atoms with E-state index in [0.29, 0.717) is 9.09 Å². The van der Waals surface area contributed by atoms with Crippen molar-refractivity contribution in [3.8, 4) is 0 Å². The Kier molecular flexibility index (Phi) is 7.11. The molecule has 97 valence electrons. The number of halogens is 2. The molecule has 2 aliphatic rings. The van der Waals surface area contributed by atoms with E-state index in [4.69, 9.17) is 0 Å². The molecule has 0 nitrogen and oxygen atoms in total. The van der Waals surface area contributed by atoms with Crippen molar-refractivity contribution in [1.29, 1.82) is 0 Å². The predicted octanol–water partition coefficient (Wildman–Crippen LogP) is -1.72. The molecule has 4 heteroatoms. The van der Waals surface area contributed by atoms with Crippen LogP contribution in [0.25, 0.3) is 0 Å². The van der Waals surface area contributed by atoms with Gasteiger partial charge in [-0.05, 0) is 0 Å². The van der Waals surface area contributed by atoms with Gasteiger partial charge in [-0.15, -0.1) is 0 Å². The van der Waals surface area contributed by atoms with Gasteiger partial charge in [-0.2, -0.15) is 0 Å². The van der Waals surface area contributed by atoms with Crippen LogP contribution in [0.2, 0.25) is 28.9 Å². The fraction of sp³-hybridized carbons (Fsp3) is 0.429. The second-order valence-electron chi connectivity index (χ2n) is 5.99. The topological polar surface area (TPSA) is 0 Å². The Morgan fingerprint density at radius 2 is 1.67 bits per heavy atom. The molecular weight excluding hydrogens is 446 g/mol. The quantitative estimate of drug-likeness (QED) is 0.436. The first-order valence-electron chi connectivity index (χ1n) is 5.91. The second kappa shape index (κ2) is 6.87. The minimum absolute atomic E-state index is 0. The van der Waals surface area contributed by atoms with E-state index in [1.165, 1.54) is 30.4 Å². The molecule has 0 saturated carbocycles. The monoisotopic (exact) mass is 465 g/mol. The van der Waals surface area contributed by atoms with Gasteiger partial charge < -0.3 is 24.8 Å². The van der Waals surface area contributed by atoms with Crippen LogP contribution in [0.3, 0.4) is 0 Å². The van der Waals surface area contributed by atoms with E-state index >= 15 is 0 Å². The molecule has 0 aromatic rings. The molecule has 0 aromatic carbocycles. The summed E-state index contributed by atoms with van der Waals surface area (Å²) in [6, 6.07) is 1.41. The Labute approximate surface area is 139 Å². The fourth-order valence-corrected chi connectivity index (χ4v) is 11.6. The van der Waals surface area contributed by atoms with Crippen LogP contribution in [0, 0.1) is 5.92 Å². The van der Waals surface area contributed by atoms with Crippen molar-refractivity contribution in [3.63, 3.8) is 0 Å². The van der Waals surface area contributed by atoms with Gasteiger partial charge in [-0.3, -0.25) is 0 Å². The molecule has 0 bridgehead atoms. The van der Waals surface area contributed by atoms with Crippen LogP contribution in [0.4, 0.5) is 0 Å². The van der Waals surface area contributed by atoms with Crippen molar-refractivity contribution in [2.45, 2.75) is 28.9 Å². The van der Waals surface area contributed by atoms with Crippen molar-refractivity contribution >= 4 is 8.07 Å². The second-order valence-corrected chi connectivity index (χ2v) is 14.7. The molecule has 0 spiro atoms. The molecule has 0 heterocycles. The molecule has 0 fully saturated rings. The van der Waals surface area contributed by atoms with E-state index in [2.05, 4.69) is 62.2 Å². The van der Waals surface area contributed by atoms with Gasteiger partial charge in [0.05, 0.1) is 0 Å². The molecule has 0 radical (unpaired) electrons. The van der Waals surface area contributed by atoms with Crippen LogP contribution in [-0.2, 0) is 24.4 Å². The molecule has 0 amide bonds. The summed E-state index contributed by atoms with van der Waals surface area (Å²) >= 11 is 1.24. The van der Waals surface area contributed by atoms with Gasteiger partial charge in [0.25, 0.3) is 0 Å². The summed E-state index contributed by atoms with van der Waals surface area (Å²) in [5, 5.41) is 0. The average Bonchev–Trinajstić information content (AvgIpc) is 2.69. The Balaban J connectivity index is 0.00000144. The van der Waals surface area contributed by atoms with Gasteiger partial charge in [0.15, 0.2) is 0 Å². The van der Waals surface area contributed by atoms with Crippen LogP contribution in [0.1, 0.15) is 0 Å². The van der Waals surface area contributed by atoms with E-state index < -0.39 is 8.07 Å². The Hall–Kier alpha value is 0.627. The third-order valence-electron chi connectivity index (χ3n) is 3.09. The Morgan fingerprint density at radius 3 is 2.17 bits per heavy atom. The molecule has 1 atom stereocenters. The predicted molar refractivity (Wildman–Crippen MR) is 69.8 cm³/mol.